The zero-order valence-corrected chi connectivity index (χ0v) is 46.1. The van der Waals surface area contributed by atoms with Crippen LogP contribution in [0.15, 0.2) is 36.5 Å². The first kappa shape index (κ1) is 66.1. The molecule has 0 spiro atoms. The molecule has 0 aliphatic rings. The molecule has 0 rings (SSSR count). The first-order valence-electron chi connectivity index (χ1n) is 30.5. The lowest BCUT2D eigenvalue weighted by molar-refractivity contribution is -0.163. The normalized spacial score (nSPS) is 12.3. The summed E-state index contributed by atoms with van der Waals surface area (Å²) in [5.41, 5.74) is 0. The van der Waals surface area contributed by atoms with Crippen LogP contribution in [0.5, 0.6) is 0 Å². The van der Waals surface area contributed by atoms with Crippen LogP contribution in [0.4, 0.5) is 0 Å². The van der Waals surface area contributed by atoms with Gasteiger partial charge >= 0.3 is 11.9 Å². The van der Waals surface area contributed by atoms with Crippen LogP contribution < -0.4 is 0 Å². The smallest absolute Gasteiger partial charge is 0.306 e. The number of unbranched alkanes of at least 4 members (excludes halogenated alkanes) is 40. The Morgan fingerprint density at radius 3 is 1.01 bits per heavy atom. The SMILES string of the molecule is CCCCC/C=C\C/C=C\C/C=C\CCCCCCCCC(=O)OCC(COCCCCCCCCCCCCCCCC)OC(=O)CCCCCCCCCCCCCCCCCCCCC. The number of allylic oxidation sites excluding steroid dienone is 6. The van der Waals surface area contributed by atoms with E-state index < -0.39 is 6.10 Å². The summed E-state index contributed by atoms with van der Waals surface area (Å²) in [6.45, 7) is 7.86. The van der Waals surface area contributed by atoms with Crippen LogP contribution in [0.2, 0.25) is 0 Å². The topological polar surface area (TPSA) is 61.8 Å². The maximum atomic E-state index is 12.9. The second-order valence-electron chi connectivity index (χ2n) is 20.6. The zero-order valence-electron chi connectivity index (χ0n) is 46.1. The fourth-order valence-electron chi connectivity index (χ4n) is 9.11. The number of esters is 2. The number of ether oxygens (including phenoxy) is 3. The third-order valence-electron chi connectivity index (χ3n) is 13.7. The molecule has 1 atom stereocenters. The first-order chi connectivity index (χ1) is 33.6. The second kappa shape index (κ2) is 59.4. The van der Waals surface area contributed by atoms with Gasteiger partial charge in [0.25, 0.3) is 0 Å². The predicted molar refractivity (Wildman–Crippen MR) is 298 cm³/mol. The molecule has 0 aromatic heterocycles. The Balaban J connectivity index is 4.23. The van der Waals surface area contributed by atoms with Gasteiger partial charge in [-0.1, -0.05) is 295 Å². The van der Waals surface area contributed by atoms with Crippen LogP contribution in [0, 0.1) is 0 Å². The van der Waals surface area contributed by atoms with Crippen molar-refractivity contribution < 1.29 is 23.8 Å². The van der Waals surface area contributed by atoms with E-state index in [1.54, 1.807) is 0 Å². The molecule has 0 aromatic carbocycles. The number of rotatable bonds is 57. The summed E-state index contributed by atoms with van der Waals surface area (Å²) >= 11 is 0. The molecule has 0 fully saturated rings. The molecule has 0 aromatic rings. The Bertz CT molecular complexity index is 1080. The number of carbonyl (C=O) groups is 2. The van der Waals surface area contributed by atoms with Gasteiger partial charge in [-0.3, -0.25) is 9.59 Å². The molecule has 5 heteroatoms. The minimum absolute atomic E-state index is 0.0853. The fraction of sp³-hybridized carbons (Fsp3) is 0.873. The van der Waals surface area contributed by atoms with Gasteiger partial charge in [-0.05, 0) is 57.8 Å². The summed E-state index contributed by atoms with van der Waals surface area (Å²) in [5.74, 6) is -0.388. The summed E-state index contributed by atoms with van der Waals surface area (Å²) in [6, 6.07) is 0. The fourth-order valence-corrected chi connectivity index (χ4v) is 9.11. The molecule has 400 valence electrons. The van der Waals surface area contributed by atoms with Crippen molar-refractivity contribution in [2.24, 2.45) is 0 Å². The second-order valence-corrected chi connectivity index (χ2v) is 20.6. The lowest BCUT2D eigenvalue weighted by atomic mass is 10.0. The van der Waals surface area contributed by atoms with Crippen molar-refractivity contribution in [3.8, 4) is 0 Å². The Kier molecular flexibility index (Phi) is 57.8. The van der Waals surface area contributed by atoms with Crippen molar-refractivity contribution >= 4 is 11.9 Å². The average Bonchev–Trinajstić information content (AvgIpc) is 3.34. The molecular formula is C63H118O5. The molecule has 0 N–H and O–H groups in total. The Morgan fingerprint density at radius 2 is 0.618 bits per heavy atom. The molecule has 0 aliphatic heterocycles. The van der Waals surface area contributed by atoms with Crippen LogP contribution >= 0.6 is 0 Å². The number of carbonyl (C=O) groups excluding carboxylic acids is 2. The van der Waals surface area contributed by atoms with Gasteiger partial charge in [0.15, 0.2) is 6.10 Å². The molecule has 0 heterocycles. The monoisotopic (exact) mass is 955 g/mol. The van der Waals surface area contributed by atoms with Gasteiger partial charge < -0.3 is 14.2 Å². The molecular weight excluding hydrogens is 837 g/mol. The quantitative estimate of drug-likeness (QED) is 0.0345. The Morgan fingerprint density at radius 1 is 0.324 bits per heavy atom. The minimum atomic E-state index is -0.536. The average molecular weight is 956 g/mol. The van der Waals surface area contributed by atoms with Gasteiger partial charge in [0.05, 0.1) is 6.61 Å². The molecule has 0 amide bonds. The maximum absolute atomic E-state index is 12.9. The molecule has 68 heavy (non-hydrogen) atoms. The third-order valence-corrected chi connectivity index (χ3v) is 13.7. The van der Waals surface area contributed by atoms with E-state index in [-0.39, 0.29) is 18.5 Å². The van der Waals surface area contributed by atoms with Crippen molar-refractivity contribution in [1.29, 1.82) is 0 Å². The highest BCUT2D eigenvalue weighted by atomic mass is 16.6. The van der Waals surface area contributed by atoms with E-state index in [1.165, 1.54) is 238 Å². The molecule has 0 saturated carbocycles. The van der Waals surface area contributed by atoms with E-state index in [0.717, 1.165) is 57.8 Å². The van der Waals surface area contributed by atoms with Crippen molar-refractivity contribution in [3.05, 3.63) is 36.5 Å². The highest BCUT2D eigenvalue weighted by Gasteiger charge is 2.17. The Labute approximate surface area is 425 Å². The molecule has 0 aliphatic carbocycles. The van der Waals surface area contributed by atoms with Crippen LogP contribution in [0.1, 0.15) is 329 Å². The predicted octanol–water partition coefficient (Wildman–Crippen LogP) is 20.9. The standard InChI is InChI=1S/C63H118O5/c1-4-7-10-13-16-19-22-25-28-30-32-34-36-38-41-44-47-50-53-56-62(64)67-60-61(59-66-58-55-52-49-46-43-40-27-24-21-18-15-12-9-6-3)68-63(65)57-54-51-48-45-42-39-37-35-33-31-29-26-23-20-17-14-11-8-5-2/h16,19,25,28,32,34,61H,4-15,17-18,20-24,26-27,29-31,33,35-60H2,1-3H3/b19-16-,28-25-,34-32-. The highest BCUT2D eigenvalue weighted by molar-refractivity contribution is 5.70. The van der Waals surface area contributed by atoms with Crippen molar-refractivity contribution in [2.45, 2.75) is 335 Å². The van der Waals surface area contributed by atoms with Gasteiger partial charge in [-0.15, -0.1) is 0 Å². The van der Waals surface area contributed by atoms with Crippen LogP contribution in [-0.4, -0.2) is 37.9 Å². The van der Waals surface area contributed by atoms with Crippen molar-refractivity contribution in [3.63, 3.8) is 0 Å². The van der Waals surface area contributed by atoms with Gasteiger partial charge in [0.1, 0.15) is 6.61 Å². The lowest BCUT2D eigenvalue weighted by Gasteiger charge is -2.18. The zero-order chi connectivity index (χ0) is 49.2. The van der Waals surface area contributed by atoms with Crippen LogP contribution in [0.3, 0.4) is 0 Å². The van der Waals surface area contributed by atoms with E-state index in [0.29, 0.717) is 26.1 Å². The van der Waals surface area contributed by atoms with Crippen LogP contribution in [-0.2, 0) is 23.8 Å². The molecule has 0 bridgehead atoms. The van der Waals surface area contributed by atoms with E-state index in [4.69, 9.17) is 14.2 Å². The summed E-state index contributed by atoms with van der Waals surface area (Å²) in [5, 5.41) is 0. The van der Waals surface area contributed by atoms with Gasteiger partial charge in [0, 0.05) is 19.4 Å². The largest absolute Gasteiger partial charge is 0.462 e. The molecule has 0 saturated heterocycles. The molecule has 5 nitrogen and oxygen atoms in total. The van der Waals surface area contributed by atoms with Crippen LogP contribution in [0.25, 0.3) is 0 Å². The summed E-state index contributed by atoms with van der Waals surface area (Å²) < 4.78 is 17.5. The molecule has 0 radical (unpaired) electrons. The third kappa shape index (κ3) is 56.7. The highest BCUT2D eigenvalue weighted by Crippen LogP contribution is 2.17. The summed E-state index contributed by atoms with van der Waals surface area (Å²) in [7, 11) is 0. The molecule has 1 unspecified atom stereocenters. The van der Waals surface area contributed by atoms with Gasteiger partial charge in [0.2, 0.25) is 0 Å². The van der Waals surface area contributed by atoms with E-state index in [9.17, 15) is 9.59 Å². The van der Waals surface area contributed by atoms with Crippen molar-refractivity contribution in [2.75, 3.05) is 19.8 Å². The number of hydrogen-bond acceptors (Lipinski definition) is 5. The number of hydrogen-bond donors (Lipinski definition) is 0. The van der Waals surface area contributed by atoms with Gasteiger partial charge in [-0.2, -0.15) is 0 Å². The van der Waals surface area contributed by atoms with E-state index >= 15 is 0 Å². The summed E-state index contributed by atoms with van der Waals surface area (Å²) in [4.78, 5) is 25.6. The minimum Gasteiger partial charge on any atom is -0.462 e. The van der Waals surface area contributed by atoms with Crippen molar-refractivity contribution in [1.82, 2.24) is 0 Å². The van der Waals surface area contributed by atoms with Gasteiger partial charge in [-0.25, -0.2) is 0 Å². The first-order valence-corrected chi connectivity index (χ1v) is 30.5. The van der Waals surface area contributed by atoms with E-state index in [1.807, 2.05) is 0 Å². The maximum Gasteiger partial charge on any atom is 0.306 e. The Hall–Kier alpha value is -1.88. The summed E-state index contributed by atoms with van der Waals surface area (Å²) in [6.07, 6.45) is 73.1. The lowest BCUT2D eigenvalue weighted by Crippen LogP contribution is -2.30. The van der Waals surface area contributed by atoms with E-state index in [2.05, 4.69) is 57.2 Å².